The Morgan fingerprint density at radius 1 is 1.50 bits per heavy atom. The van der Waals surface area contributed by atoms with Crippen LogP contribution in [0.4, 0.5) is 0 Å². The van der Waals surface area contributed by atoms with Crippen molar-refractivity contribution in [3.63, 3.8) is 0 Å². The average Bonchev–Trinajstić information content (AvgIpc) is 2.88. The van der Waals surface area contributed by atoms with Gasteiger partial charge in [0.05, 0.1) is 0 Å². The summed E-state index contributed by atoms with van der Waals surface area (Å²) in [4.78, 5) is 4.26. The highest BCUT2D eigenvalue weighted by Gasteiger charge is 2.26. The molecule has 1 aromatic rings. The fourth-order valence-electron chi connectivity index (χ4n) is 2.90. The minimum Gasteiger partial charge on any atom is -0.316 e. The molecule has 0 aliphatic carbocycles. The minimum absolute atomic E-state index is 0.851. The highest BCUT2D eigenvalue weighted by atomic mass is 32.1. The quantitative estimate of drug-likeness (QED) is 0.844. The normalized spacial score (nSPS) is 30.6. The van der Waals surface area contributed by atoms with Crippen molar-refractivity contribution in [1.29, 1.82) is 0 Å². The average molecular weight is 236 g/mol. The molecule has 2 nitrogen and oxygen atoms in total. The van der Waals surface area contributed by atoms with E-state index in [4.69, 9.17) is 0 Å². The first-order valence-electron chi connectivity index (χ1n) is 6.31. The van der Waals surface area contributed by atoms with Crippen molar-refractivity contribution in [2.24, 2.45) is 11.8 Å². The number of nitrogens with one attached hydrogen (secondary N) is 1. The van der Waals surface area contributed by atoms with Crippen molar-refractivity contribution < 1.29 is 0 Å². The lowest BCUT2D eigenvalue weighted by atomic mass is 9.96. The number of hydrogen-bond acceptors (Lipinski definition) is 3. The summed E-state index contributed by atoms with van der Waals surface area (Å²) in [5.74, 6) is 1.71. The third-order valence-corrected chi connectivity index (χ3v) is 5.08. The number of nitrogens with zero attached hydrogens (tertiary/aromatic N) is 1. The van der Waals surface area contributed by atoms with E-state index in [1.807, 2.05) is 11.3 Å². The van der Waals surface area contributed by atoms with Crippen LogP contribution in [0.5, 0.6) is 0 Å². The zero-order chi connectivity index (χ0) is 11.0. The molecule has 1 N–H and O–H groups in total. The largest absolute Gasteiger partial charge is 0.316 e. The van der Waals surface area contributed by atoms with E-state index in [-0.39, 0.29) is 0 Å². The lowest BCUT2D eigenvalue weighted by Gasteiger charge is -2.30. The molecule has 0 aromatic carbocycles. The third kappa shape index (κ3) is 2.04. The van der Waals surface area contributed by atoms with Crippen LogP contribution in [0.15, 0.2) is 11.4 Å². The van der Waals surface area contributed by atoms with Crippen molar-refractivity contribution in [1.82, 2.24) is 10.2 Å². The molecule has 0 saturated carbocycles. The maximum absolute atomic E-state index is 3.50. The smallest absolute Gasteiger partial charge is 0.0245 e. The zero-order valence-electron chi connectivity index (χ0n) is 9.91. The molecule has 1 fully saturated rings. The van der Waals surface area contributed by atoms with Crippen molar-refractivity contribution in [3.8, 4) is 0 Å². The van der Waals surface area contributed by atoms with Crippen LogP contribution in [0.25, 0.3) is 0 Å². The lowest BCUT2D eigenvalue weighted by Crippen LogP contribution is -2.35. The van der Waals surface area contributed by atoms with Crippen LogP contribution >= 0.6 is 11.3 Å². The number of rotatable bonds is 2. The minimum atomic E-state index is 0.851. The predicted octanol–water partition coefficient (Wildman–Crippen LogP) is 1.96. The molecular weight excluding hydrogens is 216 g/mol. The second-order valence-electron chi connectivity index (χ2n) is 5.25. The Hall–Kier alpha value is -0.380. The van der Waals surface area contributed by atoms with Crippen LogP contribution < -0.4 is 5.32 Å². The van der Waals surface area contributed by atoms with Gasteiger partial charge in [0, 0.05) is 24.5 Å². The molecule has 2 aliphatic rings. The van der Waals surface area contributed by atoms with Crippen molar-refractivity contribution in [3.05, 3.63) is 21.9 Å². The van der Waals surface area contributed by atoms with Crippen LogP contribution in [-0.2, 0) is 13.0 Å². The van der Waals surface area contributed by atoms with Gasteiger partial charge < -0.3 is 5.32 Å². The topological polar surface area (TPSA) is 15.3 Å². The Labute approximate surface area is 102 Å². The van der Waals surface area contributed by atoms with Crippen molar-refractivity contribution in [2.45, 2.75) is 19.9 Å². The molecule has 1 saturated heterocycles. The Morgan fingerprint density at radius 2 is 2.44 bits per heavy atom. The maximum atomic E-state index is 3.50. The molecule has 3 rings (SSSR count). The Bertz CT molecular complexity index is 361. The monoisotopic (exact) mass is 236 g/mol. The number of thiophene rings is 1. The van der Waals surface area contributed by atoms with Crippen LogP contribution in [0, 0.1) is 11.8 Å². The molecule has 0 bridgehead atoms. The Balaban J connectivity index is 1.61. The molecular formula is C13H20N2S. The fraction of sp³-hybridized carbons (Fsp3) is 0.692. The van der Waals surface area contributed by atoms with Crippen molar-refractivity contribution >= 4 is 11.3 Å². The van der Waals surface area contributed by atoms with Gasteiger partial charge in [0.2, 0.25) is 0 Å². The van der Waals surface area contributed by atoms with Gasteiger partial charge in [-0.25, -0.2) is 0 Å². The maximum Gasteiger partial charge on any atom is 0.0245 e. The number of hydrogen-bond donors (Lipinski definition) is 1. The summed E-state index contributed by atoms with van der Waals surface area (Å²) in [7, 11) is 0. The zero-order valence-corrected chi connectivity index (χ0v) is 10.7. The van der Waals surface area contributed by atoms with E-state index < -0.39 is 0 Å². The van der Waals surface area contributed by atoms with Gasteiger partial charge in [-0.05, 0) is 48.4 Å². The van der Waals surface area contributed by atoms with Gasteiger partial charge in [-0.2, -0.15) is 0 Å². The van der Waals surface area contributed by atoms with Crippen LogP contribution in [-0.4, -0.2) is 31.1 Å². The third-order valence-electron chi connectivity index (χ3n) is 4.06. The van der Waals surface area contributed by atoms with Gasteiger partial charge in [0.25, 0.3) is 0 Å². The van der Waals surface area contributed by atoms with Crippen LogP contribution in [0.3, 0.4) is 0 Å². The van der Waals surface area contributed by atoms with E-state index in [2.05, 4.69) is 28.6 Å². The van der Waals surface area contributed by atoms with E-state index in [1.54, 1.807) is 10.4 Å². The van der Waals surface area contributed by atoms with Crippen LogP contribution in [0.1, 0.15) is 17.4 Å². The summed E-state index contributed by atoms with van der Waals surface area (Å²) in [6.45, 7) is 8.53. The summed E-state index contributed by atoms with van der Waals surface area (Å²) in [6.07, 6.45) is 1.27. The second-order valence-corrected chi connectivity index (χ2v) is 6.25. The molecule has 2 atom stereocenters. The van der Waals surface area contributed by atoms with E-state index in [0.29, 0.717) is 0 Å². The summed E-state index contributed by atoms with van der Waals surface area (Å²) >= 11 is 1.93. The molecule has 2 aliphatic heterocycles. The Kier molecular flexibility index (Phi) is 3.01. The molecule has 16 heavy (non-hydrogen) atoms. The molecule has 0 radical (unpaired) electrons. The summed E-state index contributed by atoms with van der Waals surface area (Å²) in [6, 6.07) is 2.31. The van der Waals surface area contributed by atoms with Crippen molar-refractivity contribution in [2.75, 3.05) is 26.2 Å². The molecule has 1 aromatic heterocycles. The molecule has 0 amide bonds. The molecule has 88 valence electrons. The number of fused-ring (bicyclic) bond motifs is 1. The SMILES string of the molecule is C[C@@H]1CNC[C@H]1CN1CCc2sccc2C1. The lowest BCUT2D eigenvalue weighted by molar-refractivity contribution is 0.204. The highest BCUT2D eigenvalue weighted by molar-refractivity contribution is 7.10. The first-order valence-corrected chi connectivity index (χ1v) is 7.19. The summed E-state index contributed by atoms with van der Waals surface area (Å²) in [5, 5.41) is 5.75. The van der Waals surface area contributed by atoms with Gasteiger partial charge in [0.1, 0.15) is 0 Å². The van der Waals surface area contributed by atoms with E-state index in [0.717, 1.165) is 11.8 Å². The van der Waals surface area contributed by atoms with Gasteiger partial charge in [0.15, 0.2) is 0 Å². The van der Waals surface area contributed by atoms with E-state index in [9.17, 15) is 0 Å². The first kappa shape index (κ1) is 10.8. The summed E-state index contributed by atoms with van der Waals surface area (Å²) in [5.41, 5.74) is 1.58. The fourth-order valence-corrected chi connectivity index (χ4v) is 3.79. The highest BCUT2D eigenvalue weighted by Crippen LogP contribution is 2.26. The first-order chi connectivity index (χ1) is 7.83. The predicted molar refractivity (Wildman–Crippen MR) is 68.8 cm³/mol. The van der Waals surface area contributed by atoms with Gasteiger partial charge in [-0.15, -0.1) is 11.3 Å². The van der Waals surface area contributed by atoms with Gasteiger partial charge >= 0.3 is 0 Å². The van der Waals surface area contributed by atoms with Gasteiger partial charge in [-0.3, -0.25) is 4.90 Å². The van der Waals surface area contributed by atoms with E-state index in [1.165, 1.54) is 39.1 Å². The molecule has 3 heteroatoms. The standard InChI is InChI=1S/C13H20N2S/c1-10-6-14-7-12(10)9-15-4-2-13-11(8-15)3-5-16-13/h3,5,10,12,14H,2,4,6-9H2,1H3/t10-,12+/m1/s1. The Morgan fingerprint density at radius 3 is 3.25 bits per heavy atom. The second kappa shape index (κ2) is 4.47. The molecule has 3 heterocycles. The van der Waals surface area contributed by atoms with Crippen LogP contribution in [0.2, 0.25) is 0 Å². The molecule has 0 spiro atoms. The van der Waals surface area contributed by atoms with E-state index >= 15 is 0 Å². The summed E-state index contributed by atoms with van der Waals surface area (Å²) < 4.78 is 0. The van der Waals surface area contributed by atoms with Gasteiger partial charge in [-0.1, -0.05) is 6.92 Å². The molecule has 0 unspecified atom stereocenters.